The fourth-order valence-electron chi connectivity index (χ4n) is 6.29. The average Bonchev–Trinajstić information content (AvgIpc) is 3.01. The van der Waals surface area contributed by atoms with Crippen LogP contribution in [0.3, 0.4) is 0 Å². The molecule has 0 amide bonds. The molecule has 4 bridgehead atoms. The summed E-state index contributed by atoms with van der Waals surface area (Å²) in [6.45, 7) is 3.34. The van der Waals surface area contributed by atoms with Crippen LogP contribution in [0, 0.1) is 29.6 Å². The quantitative estimate of drug-likeness (QED) is 0.579. The summed E-state index contributed by atoms with van der Waals surface area (Å²) in [6, 6.07) is 0. The van der Waals surface area contributed by atoms with Crippen molar-refractivity contribution in [2.24, 2.45) is 29.6 Å². The number of hydrogen-bond acceptors (Lipinski definition) is 2. The van der Waals surface area contributed by atoms with Gasteiger partial charge >= 0.3 is 0 Å². The minimum Gasteiger partial charge on any atom is -0.252 e. The van der Waals surface area contributed by atoms with Crippen molar-refractivity contribution in [2.75, 3.05) is 0 Å². The van der Waals surface area contributed by atoms with Crippen molar-refractivity contribution >= 4 is 0 Å². The summed E-state index contributed by atoms with van der Waals surface area (Å²) in [7, 11) is 0. The van der Waals surface area contributed by atoms with Gasteiger partial charge in [0.2, 0.25) is 0 Å². The van der Waals surface area contributed by atoms with Crippen molar-refractivity contribution in [1.82, 2.24) is 15.0 Å². The van der Waals surface area contributed by atoms with Crippen LogP contribution < -0.4 is 0 Å². The van der Waals surface area contributed by atoms with E-state index in [0.717, 1.165) is 42.6 Å². The monoisotopic (exact) mass is 329 g/mol. The lowest BCUT2D eigenvalue weighted by atomic mass is 9.51. The van der Waals surface area contributed by atoms with Crippen molar-refractivity contribution in [3.8, 4) is 0 Å². The number of nitrogens with zero attached hydrogens (tertiary/aromatic N) is 3. The zero-order valence-corrected chi connectivity index (χ0v) is 15.5. The van der Waals surface area contributed by atoms with Crippen molar-refractivity contribution in [3.63, 3.8) is 0 Å². The summed E-state index contributed by atoms with van der Waals surface area (Å²) in [5, 5.41) is 8.72. The minimum absolute atomic E-state index is 1.04. The number of aromatic nitrogens is 3. The summed E-state index contributed by atoms with van der Waals surface area (Å²) in [6.07, 6.45) is 19.1. The molecule has 0 unspecified atom stereocenters. The highest BCUT2D eigenvalue weighted by Crippen LogP contribution is 2.57. The van der Waals surface area contributed by atoms with Gasteiger partial charge in [-0.3, -0.25) is 4.68 Å². The van der Waals surface area contributed by atoms with Crippen LogP contribution in [0.1, 0.15) is 83.2 Å². The molecule has 4 saturated carbocycles. The number of unbranched alkanes of at least 4 members (excludes halogenated alkanes) is 3. The lowest BCUT2D eigenvalue weighted by Gasteiger charge is -2.54. The zero-order valence-electron chi connectivity index (χ0n) is 15.5. The molecule has 0 N–H and O–H groups in total. The molecule has 0 saturated heterocycles. The van der Waals surface area contributed by atoms with Crippen LogP contribution in [-0.4, -0.2) is 15.0 Å². The second-order valence-electron chi connectivity index (χ2n) is 9.02. The van der Waals surface area contributed by atoms with E-state index in [1.165, 1.54) is 44.2 Å². The largest absolute Gasteiger partial charge is 0.252 e. The lowest BCUT2D eigenvalue weighted by molar-refractivity contribution is -0.0406. The molecule has 3 heteroatoms. The van der Waals surface area contributed by atoms with E-state index < -0.39 is 0 Å². The highest BCUT2D eigenvalue weighted by molar-refractivity contribution is 4.98. The zero-order chi connectivity index (χ0) is 16.4. The highest BCUT2D eigenvalue weighted by atomic mass is 15.4. The fourth-order valence-corrected chi connectivity index (χ4v) is 6.29. The average molecular weight is 330 g/mol. The Kier molecular flexibility index (Phi) is 5.24. The molecular formula is C21H35N3. The normalized spacial score (nSPS) is 34.1. The van der Waals surface area contributed by atoms with Crippen molar-refractivity contribution in [1.29, 1.82) is 0 Å². The Hall–Kier alpha value is -0.860. The third-order valence-electron chi connectivity index (χ3n) is 7.22. The highest BCUT2D eigenvalue weighted by Gasteiger charge is 2.47. The van der Waals surface area contributed by atoms with Crippen LogP contribution in [0.15, 0.2) is 6.20 Å². The molecule has 1 heterocycles. The lowest BCUT2D eigenvalue weighted by Crippen LogP contribution is -2.45. The first-order chi connectivity index (χ1) is 11.8. The van der Waals surface area contributed by atoms with Gasteiger partial charge in [0.05, 0.1) is 5.69 Å². The first-order valence-electron chi connectivity index (χ1n) is 10.7. The Morgan fingerprint density at radius 2 is 1.71 bits per heavy atom. The molecule has 134 valence electrons. The fraction of sp³-hybridized carbons (Fsp3) is 0.905. The van der Waals surface area contributed by atoms with Gasteiger partial charge in [-0.15, -0.1) is 5.10 Å². The molecule has 0 atom stereocenters. The van der Waals surface area contributed by atoms with E-state index in [1.807, 2.05) is 0 Å². The van der Waals surface area contributed by atoms with Crippen molar-refractivity contribution < 1.29 is 0 Å². The van der Waals surface area contributed by atoms with E-state index in [2.05, 4.69) is 28.1 Å². The van der Waals surface area contributed by atoms with Crippen LogP contribution in [0.5, 0.6) is 0 Å². The summed E-state index contributed by atoms with van der Waals surface area (Å²) in [4.78, 5) is 0. The Morgan fingerprint density at radius 3 is 2.42 bits per heavy atom. The number of rotatable bonds is 9. The molecule has 4 aliphatic rings. The van der Waals surface area contributed by atoms with Crippen molar-refractivity contribution in [3.05, 3.63) is 11.9 Å². The second-order valence-corrected chi connectivity index (χ2v) is 9.02. The van der Waals surface area contributed by atoms with E-state index in [9.17, 15) is 0 Å². The molecular weight excluding hydrogens is 294 g/mol. The maximum atomic E-state index is 4.37. The molecule has 0 aliphatic heterocycles. The number of hydrogen-bond donors (Lipinski definition) is 0. The Bertz CT molecular complexity index is 493. The Labute approximate surface area is 147 Å². The van der Waals surface area contributed by atoms with Gasteiger partial charge in [-0.2, -0.15) is 0 Å². The van der Waals surface area contributed by atoms with E-state index in [-0.39, 0.29) is 0 Å². The smallest absolute Gasteiger partial charge is 0.0827 e. The Balaban J connectivity index is 1.20. The summed E-state index contributed by atoms with van der Waals surface area (Å²) < 4.78 is 2.10. The summed E-state index contributed by atoms with van der Waals surface area (Å²) in [5.41, 5.74) is 1.20. The van der Waals surface area contributed by atoms with Gasteiger partial charge in [0, 0.05) is 12.7 Å². The third-order valence-corrected chi connectivity index (χ3v) is 7.22. The van der Waals surface area contributed by atoms with Gasteiger partial charge < -0.3 is 0 Å². The van der Waals surface area contributed by atoms with E-state index in [0.29, 0.717) is 0 Å². The summed E-state index contributed by atoms with van der Waals surface area (Å²) in [5.74, 6) is 5.40. The van der Waals surface area contributed by atoms with Crippen LogP contribution in [0.25, 0.3) is 0 Å². The molecule has 0 radical (unpaired) electrons. The molecule has 4 fully saturated rings. The van der Waals surface area contributed by atoms with Crippen LogP contribution in [0.2, 0.25) is 0 Å². The molecule has 3 nitrogen and oxygen atoms in total. The second kappa shape index (κ2) is 7.58. The van der Waals surface area contributed by atoms with Crippen LogP contribution >= 0.6 is 0 Å². The summed E-state index contributed by atoms with van der Waals surface area (Å²) >= 11 is 0. The van der Waals surface area contributed by atoms with Gasteiger partial charge in [0.25, 0.3) is 0 Å². The maximum absolute atomic E-state index is 4.37. The predicted octanol–water partition coefficient (Wildman–Crippen LogP) is 5.25. The van der Waals surface area contributed by atoms with Gasteiger partial charge in [-0.25, -0.2) is 0 Å². The van der Waals surface area contributed by atoms with Gasteiger partial charge in [-0.1, -0.05) is 31.4 Å². The molecule has 1 aromatic rings. The van der Waals surface area contributed by atoms with Gasteiger partial charge in [0.15, 0.2) is 0 Å². The standard InChI is InChI=1S/C21H35N3/c1-2-3-4-5-7-20-15-24(23-22-20)9-6-8-21-18-11-16-10-17(13-18)14-19(21)12-16/h15-19,21H,2-14H2,1H3. The topological polar surface area (TPSA) is 30.7 Å². The Morgan fingerprint density at radius 1 is 0.958 bits per heavy atom. The number of aryl methyl sites for hydroxylation is 2. The molecule has 4 aliphatic carbocycles. The van der Waals surface area contributed by atoms with E-state index >= 15 is 0 Å². The van der Waals surface area contributed by atoms with E-state index in [1.54, 1.807) is 32.1 Å². The maximum Gasteiger partial charge on any atom is 0.0827 e. The molecule has 24 heavy (non-hydrogen) atoms. The predicted molar refractivity (Wildman–Crippen MR) is 97.6 cm³/mol. The van der Waals surface area contributed by atoms with Crippen LogP contribution in [-0.2, 0) is 13.0 Å². The first kappa shape index (κ1) is 16.6. The molecule has 0 aromatic carbocycles. The van der Waals surface area contributed by atoms with Gasteiger partial charge in [-0.05, 0) is 87.4 Å². The molecule has 1 aromatic heterocycles. The first-order valence-corrected chi connectivity index (χ1v) is 10.7. The SMILES string of the molecule is CCCCCCc1cn(CCCC2C3CC4CC(C3)CC2C4)nn1. The van der Waals surface area contributed by atoms with Gasteiger partial charge in [0.1, 0.15) is 0 Å². The van der Waals surface area contributed by atoms with Crippen molar-refractivity contribution in [2.45, 2.75) is 90.5 Å². The third kappa shape index (κ3) is 3.70. The van der Waals surface area contributed by atoms with Crippen LogP contribution in [0.4, 0.5) is 0 Å². The minimum atomic E-state index is 1.04. The van der Waals surface area contributed by atoms with E-state index in [4.69, 9.17) is 0 Å². The molecule has 5 rings (SSSR count). The molecule has 0 spiro atoms.